The van der Waals surface area contributed by atoms with Gasteiger partial charge in [-0.15, -0.1) is 0 Å². The largest absolute Gasteiger partial charge is 0.314 e. The minimum absolute atomic E-state index is 0.130. The Bertz CT molecular complexity index is 381. The molecule has 1 aromatic carbocycles. The predicted octanol–water partition coefficient (Wildman–Crippen LogP) is 4.38. The lowest BCUT2D eigenvalue weighted by atomic mass is 9.96. The number of hydrogen-bond donors (Lipinski definition) is 1. The van der Waals surface area contributed by atoms with E-state index in [1.807, 2.05) is 13.0 Å². The van der Waals surface area contributed by atoms with Gasteiger partial charge in [-0.1, -0.05) is 38.2 Å². The molecular formula is C17H26FN. The number of nitrogens with one attached hydrogen (secondary N) is 1. The number of aryl methyl sites for hydroxylation is 1. The molecule has 0 aliphatic heterocycles. The maximum Gasteiger partial charge on any atom is 0.123 e. The van der Waals surface area contributed by atoms with Crippen molar-refractivity contribution in [3.05, 3.63) is 35.1 Å². The molecule has 106 valence electrons. The van der Waals surface area contributed by atoms with E-state index in [4.69, 9.17) is 0 Å². The van der Waals surface area contributed by atoms with Gasteiger partial charge in [-0.3, -0.25) is 0 Å². The average molecular weight is 263 g/mol. The van der Waals surface area contributed by atoms with Gasteiger partial charge in [0.1, 0.15) is 5.82 Å². The van der Waals surface area contributed by atoms with Gasteiger partial charge in [0, 0.05) is 6.04 Å². The summed E-state index contributed by atoms with van der Waals surface area (Å²) in [7, 11) is 0. The van der Waals surface area contributed by atoms with Crippen LogP contribution in [0.25, 0.3) is 0 Å². The third-order valence-electron chi connectivity index (χ3n) is 4.24. The van der Waals surface area contributed by atoms with Gasteiger partial charge in [-0.05, 0) is 56.0 Å². The van der Waals surface area contributed by atoms with Crippen LogP contribution in [0.2, 0.25) is 0 Å². The van der Waals surface area contributed by atoms with Crippen molar-refractivity contribution in [2.45, 2.75) is 64.3 Å². The molecule has 0 spiro atoms. The summed E-state index contributed by atoms with van der Waals surface area (Å²) in [5.74, 6) is -0.130. The fraction of sp³-hybridized carbons (Fsp3) is 0.647. The van der Waals surface area contributed by atoms with Crippen molar-refractivity contribution in [1.29, 1.82) is 0 Å². The topological polar surface area (TPSA) is 12.0 Å². The quantitative estimate of drug-likeness (QED) is 0.850. The lowest BCUT2D eigenvalue weighted by molar-refractivity contribution is 0.392. The van der Waals surface area contributed by atoms with Crippen LogP contribution in [0.3, 0.4) is 0 Å². The highest BCUT2D eigenvalue weighted by molar-refractivity contribution is 5.26. The average Bonchev–Trinajstić information content (AvgIpc) is 2.34. The molecule has 1 nitrogen and oxygen atoms in total. The molecule has 0 atom stereocenters. The molecule has 2 rings (SSSR count). The molecule has 1 N–H and O–H groups in total. The summed E-state index contributed by atoms with van der Waals surface area (Å²) in [6.45, 7) is 3.01. The Labute approximate surface area is 116 Å². The molecule has 0 unspecified atom stereocenters. The molecule has 0 radical (unpaired) electrons. The van der Waals surface area contributed by atoms with E-state index in [1.54, 1.807) is 12.1 Å². The highest BCUT2D eigenvalue weighted by atomic mass is 19.1. The Morgan fingerprint density at radius 1 is 1.11 bits per heavy atom. The SMILES string of the molecule is Cc1cc(F)ccc1CCNC1CCCCCCC1. The zero-order chi connectivity index (χ0) is 13.5. The number of hydrogen-bond acceptors (Lipinski definition) is 1. The summed E-state index contributed by atoms with van der Waals surface area (Å²) >= 11 is 0. The summed E-state index contributed by atoms with van der Waals surface area (Å²) in [6.07, 6.45) is 10.6. The first kappa shape index (κ1) is 14.5. The third-order valence-corrected chi connectivity index (χ3v) is 4.24. The van der Waals surface area contributed by atoms with Crippen LogP contribution < -0.4 is 5.32 Å². The molecule has 2 heteroatoms. The van der Waals surface area contributed by atoms with E-state index in [0.29, 0.717) is 6.04 Å². The smallest absolute Gasteiger partial charge is 0.123 e. The Morgan fingerprint density at radius 3 is 2.47 bits per heavy atom. The van der Waals surface area contributed by atoms with Crippen molar-refractivity contribution >= 4 is 0 Å². The zero-order valence-electron chi connectivity index (χ0n) is 12.1. The van der Waals surface area contributed by atoms with E-state index in [0.717, 1.165) is 18.5 Å². The van der Waals surface area contributed by atoms with Crippen molar-refractivity contribution in [1.82, 2.24) is 5.32 Å². The van der Waals surface area contributed by atoms with E-state index in [1.165, 1.54) is 50.5 Å². The molecule has 0 heterocycles. The predicted molar refractivity (Wildman–Crippen MR) is 79.0 cm³/mol. The molecular weight excluding hydrogens is 237 g/mol. The van der Waals surface area contributed by atoms with Crippen molar-refractivity contribution in [3.63, 3.8) is 0 Å². The second-order valence-electron chi connectivity index (χ2n) is 5.82. The van der Waals surface area contributed by atoms with Crippen LogP contribution in [0.5, 0.6) is 0 Å². The van der Waals surface area contributed by atoms with E-state index in [9.17, 15) is 4.39 Å². The monoisotopic (exact) mass is 263 g/mol. The second-order valence-corrected chi connectivity index (χ2v) is 5.82. The second kappa shape index (κ2) is 7.64. The Morgan fingerprint density at radius 2 is 1.79 bits per heavy atom. The van der Waals surface area contributed by atoms with Gasteiger partial charge < -0.3 is 5.32 Å². The molecule has 1 aliphatic rings. The van der Waals surface area contributed by atoms with Gasteiger partial charge in [-0.25, -0.2) is 4.39 Å². The van der Waals surface area contributed by atoms with E-state index in [2.05, 4.69) is 5.32 Å². The first-order chi connectivity index (χ1) is 9.25. The van der Waals surface area contributed by atoms with Crippen LogP contribution in [0.4, 0.5) is 4.39 Å². The van der Waals surface area contributed by atoms with Crippen molar-refractivity contribution in [3.8, 4) is 0 Å². The Balaban J connectivity index is 1.75. The number of benzene rings is 1. The first-order valence-electron chi connectivity index (χ1n) is 7.74. The van der Waals surface area contributed by atoms with Gasteiger partial charge in [0.05, 0.1) is 0 Å². The summed E-state index contributed by atoms with van der Waals surface area (Å²) < 4.78 is 13.0. The molecule has 19 heavy (non-hydrogen) atoms. The molecule has 0 amide bonds. The number of halogens is 1. The maximum atomic E-state index is 13.0. The van der Waals surface area contributed by atoms with Gasteiger partial charge in [0.15, 0.2) is 0 Å². The lowest BCUT2D eigenvalue weighted by Crippen LogP contribution is -2.31. The van der Waals surface area contributed by atoms with Gasteiger partial charge in [-0.2, -0.15) is 0 Å². The molecule has 1 aromatic rings. The van der Waals surface area contributed by atoms with Crippen LogP contribution in [0.15, 0.2) is 18.2 Å². The Hall–Kier alpha value is -0.890. The molecule has 1 fully saturated rings. The summed E-state index contributed by atoms with van der Waals surface area (Å²) in [5.41, 5.74) is 2.33. The fourth-order valence-electron chi connectivity index (χ4n) is 3.01. The molecule has 0 bridgehead atoms. The van der Waals surface area contributed by atoms with Crippen molar-refractivity contribution in [2.75, 3.05) is 6.54 Å². The minimum atomic E-state index is -0.130. The van der Waals surface area contributed by atoms with Crippen molar-refractivity contribution in [2.24, 2.45) is 0 Å². The summed E-state index contributed by atoms with van der Waals surface area (Å²) in [6, 6.07) is 5.81. The first-order valence-corrected chi connectivity index (χ1v) is 7.74. The van der Waals surface area contributed by atoms with Gasteiger partial charge in [0.25, 0.3) is 0 Å². The zero-order valence-corrected chi connectivity index (χ0v) is 12.1. The normalized spacial score (nSPS) is 18.0. The van der Waals surface area contributed by atoms with Crippen LogP contribution in [0.1, 0.15) is 56.1 Å². The standard InChI is InChI=1S/C17H26FN/c1-14-13-16(18)10-9-15(14)11-12-19-17-7-5-3-2-4-6-8-17/h9-10,13,17,19H,2-8,11-12H2,1H3. The molecule has 0 aromatic heterocycles. The van der Waals surface area contributed by atoms with Crippen LogP contribution >= 0.6 is 0 Å². The van der Waals surface area contributed by atoms with Crippen LogP contribution in [-0.2, 0) is 6.42 Å². The van der Waals surface area contributed by atoms with Crippen LogP contribution in [0, 0.1) is 12.7 Å². The fourth-order valence-corrected chi connectivity index (χ4v) is 3.01. The van der Waals surface area contributed by atoms with E-state index in [-0.39, 0.29) is 5.82 Å². The van der Waals surface area contributed by atoms with Crippen molar-refractivity contribution < 1.29 is 4.39 Å². The molecule has 1 aliphatic carbocycles. The minimum Gasteiger partial charge on any atom is -0.314 e. The van der Waals surface area contributed by atoms with Gasteiger partial charge >= 0.3 is 0 Å². The van der Waals surface area contributed by atoms with E-state index < -0.39 is 0 Å². The molecule has 0 saturated heterocycles. The summed E-state index contributed by atoms with van der Waals surface area (Å²) in [4.78, 5) is 0. The Kier molecular flexibility index (Phi) is 5.84. The third kappa shape index (κ3) is 4.94. The van der Waals surface area contributed by atoms with Gasteiger partial charge in [0.2, 0.25) is 0 Å². The molecule has 1 saturated carbocycles. The highest BCUT2D eigenvalue weighted by Gasteiger charge is 2.10. The highest BCUT2D eigenvalue weighted by Crippen LogP contribution is 2.17. The summed E-state index contributed by atoms with van der Waals surface area (Å²) in [5, 5.41) is 3.69. The number of rotatable bonds is 4. The van der Waals surface area contributed by atoms with Crippen LogP contribution in [-0.4, -0.2) is 12.6 Å². The lowest BCUT2D eigenvalue weighted by Gasteiger charge is -2.21. The maximum absolute atomic E-state index is 13.0. The van der Waals surface area contributed by atoms with E-state index >= 15 is 0 Å².